The molecule has 42 heavy (non-hydrogen) atoms. The van der Waals surface area contributed by atoms with Crippen LogP contribution in [0, 0.1) is 40.4 Å². The third-order valence-electron chi connectivity index (χ3n) is 13.0. The maximum Gasteiger partial charge on any atom is 0.159 e. The molecule has 1 heterocycles. The van der Waals surface area contributed by atoms with E-state index in [0.717, 1.165) is 17.6 Å². The Balaban J connectivity index is 1.40. The first-order valence-corrected chi connectivity index (χ1v) is 16.2. The predicted octanol–water partition coefficient (Wildman–Crippen LogP) is 4.32. The van der Waals surface area contributed by atoms with E-state index in [1.807, 2.05) is 19.1 Å². The number of aromatic hydroxyl groups is 1. The van der Waals surface area contributed by atoms with E-state index in [1.165, 1.54) is 0 Å². The van der Waals surface area contributed by atoms with Crippen molar-refractivity contribution in [3.8, 4) is 5.75 Å². The lowest BCUT2D eigenvalue weighted by molar-refractivity contribution is -0.168. The molecule has 1 aromatic rings. The van der Waals surface area contributed by atoms with Crippen LogP contribution < -0.4 is 0 Å². The number of benzene rings is 1. The van der Waals surface area contributed by atoms with Crippen molar-refractivity contribution in [2.45, 2.75) is 122 Å². The van der Waals surface area contributed by atoms with Gasteiger partial charge in [0.05, 0.1) is 29.5 Å². The van der Waals surface area contributed by atoms with Crippen LogP contribution in [-0.2, 0) is 16.0 Å². The zero-order valence-corrected chi connectivity index (χ0v) is 25.8. The Bertz CT molecular complexity index is 1260. The molecule has 4 fully saturated rings. The smallest absolute Gasteiger partial charge is 0.159 e. The Hall–Kier alpha value is -1.77. The van der Waals surface area contributed by atoms with Crippen LogP contribution in [0.3, 0.4) is 0 Å². The minimum atomic E-state index is -1.29. The molecule has 0 radical (unpaired) electrons. The zero-order valence-electron chi connectivity index (χ0n) is 25.8. The number of aryl methyl sites for hydroxylation is 1. The van der Waals surface area contributed by atoms with Crippen molar-refractivity contribution in [3.63, 3.8) is 0 Å². The number of ether oxygens (including phenoxy) is 1. The lowest BCUT2D eigenvalue weighted by Crippen LogP contribution is -2.63. The molecule has 0 spiro atoms. The summed E-state index contributed by atoms with van der Waals surface area (Å²) in [6.45, 7) is 10.5. The number of hydrogen-bond acceptors (Lipinski definition) is 7. The summed E-state index contributed by atoms with van der Waals surface area (Å²) in [5.74, 6) is 0.129. The number of ketones is 1. The number of fused-ring (bicyclic) bond motifs is 5. The van der Waals surface area contributed by atoms with Gasteiger partial charge in [-0.3, -0.25) is 4.79 Å². The summed E-state index contributed by atoms with van der Waals surface area (Å²) < 4.78 is 6.20. The van der Waals surface area contributed by atoms with Crippen molar-refractivity contribution in [1.82, 2.24) is 0 Å². The van der Waals surface area contributed by atoms with E-state index >= 15 is 0 Å². The molecule has 4 aliphatic carbocycles. The van der Waals surface area contributed by atoms with Crippen LogP contribution in [0.15, 0.2) is 35.9 Å². The largest absolute Gasteiger partial charge is 0.508 e. The molecule has 0 amide bonds. The van der Waals surface area contributed by atoms with E-state index in [1.54, 1.807) is 18.2 Å². The molecule has 1 aromatic carbocycles. The second-order valence-corrected chi connectivity index (χ2v) is 15.4. The Morgan fingerprint density at radius 2 is 1.83 bits per heavy atom. The summed E-state index contributed by atoms with van der Waals surface area (Å²) in [6.07, 6.45) is 3.80. The Labute approximate surface area is 250 Å². The van der Waals surface area contributed by atoms with Gasteiger partial charge in [-0.1, -0.05) is 39.8 Å². The van der Waals surface area contributed by atoms with Gasteiger partial charge < -0.3 is 30.3 Å². The van der Waals surface area contributed by atoms with Crippen LogP contribution >= 0.6 is 0 Å². The van der Waals surface area contributed by atoms with Crippen LogP contribution in [0.4, 0.5) is 0 Å². The number of carbonyl (C=O) groups is 1. The van der Waals surface area contributed by atoms with E-state index in [2.05, 4.69) is 27.7 Å². The third-order valence-corrected chi connectivity index (χ3v) is 13.0. The minimum Gasteiger partial charge on any atom is -0.508 e. The lowest BCUT2D eigenvalue weighted by atomic mass is 9.44. The van der Waals surface area contributed by atoms with Gasteiger partial charge in [0.1, 0.15) is 11.9 Å². The maximum atomic E-state index is 13.7. The molecule has 5 aliphatic rings. The van der Waals surface area contributed by atoms with Crippen LogP contribution in [0.5, 0.6) is 5.75 Å². The molecule has 7 nitrogen and oxygen atoms in total. The fraction of sp³-hybridized carbons (Fsp3) is 0.743. The fourth-order valence-electron chi connectivity index (χ4n) is 10.2. The monoisotopic (exact) mass is 582 g/mol. The summed E-state index contributed by atoms with van der Waals surface area (Å²) in [6, 6.07) is 7.22. The first-order valence-electron chi connectivity index (χ1n) is 16.2. The number of phenolic OH excluding ortho intramolecular Hbond substituents is 1. The molecule has 1 saturated heterocycles. The number of carbonyl (C=O) groups excluding carboxylic acids is 1. The highest BCUT2D eigenvalue weighted by molar-refractivity contribution is 5.95. The highest BCUT2D eigenvalue weighted by atomic mass is 16.6. The SMILES string of the molecule is CC(C)C(C)C1OC1C(C)(O)C1CCC2(O)C3=CC(=O)C4CC(O)C(O)CC4(C)C3CCC12CCc1cccc(O)c1. The topological polar surface area (TPSA) is 131 Å². The Kier molecular flexibility index (Phi) is 7.30. The standard InChI is InChI=1S/C35H50O7/c1-19(2)20(3)30-31(42-30)33(5,40)29-11-14-35(41)24-16-26(37)25-17-27(38)28(39)18-32(25,4)23(24)10-13-34(29,35)12-9-21-7-6-8-22(36)15-21/h6-8,15-16,19-20,23,25,27-31,36,38-41H,9-14,17-18H2,1-5H3. The summed E-state index contributed by atoms with van der Waals surface area (Å²) in [5.41, 5.74) is -1.97. The Morgan fingerprint density at radius 3 is 2.52 bits per heavy atom. The van der Waals surface area contributed by atoms with Gasteiger partial charge in [0, 0.05) is 11.3 Å². The molecule has 3 saturated carbocycles. The van der Waals surface area contributed by atoms with E-state index in [9.17, 15) is 30.3 Å². The van der Waals surface area contributed by atoms with Gasteiger partial charge in [-0.25, -0.2) is 0 Å². The number of hydrogen-bond donors (Lipinski definition) is 5. The summed E-state index contributed by atoms with van der Waals surface area (Å²) in [7, 11) is 0. The van der Waals surface area contributed by atoms with Crippen LogP contribution in [0.25, 0.3) is 0 Å². The molecule has 12 unspecified atom stereocenters. The second kappa shape index (κ2) is 10.1. The van der Waals surface area contributed by atoms with E-state index < -0.39 is 34.2 Å². The molecule has 12 atom stereocenters. The molecule has 7 heteroatoms. The highest BCUT2D eigenvalue weighted by Crippen LogP contribution is 2.70. The first-order chi connectivity index (χ1) is 19.7. The van der Waals surface area contributed by atoms with Crippen molar-refractivity contribution in [2.75, 3.05) is 0 Å². The number of epoxide rings is 1. The van der Waals surface area contributed by atoms with Gasteiger partial charge in [-0.2, -0.15) is 0 Å². The van der Waals surface area contributed by atoms with E-state index in [4.69, 9.17) is 4.74 Å². The predicted molar refractivity (Wildman–Crippen MR) is 158 cm³/mol. The number of phenols is 1. The molecule has 0 bridgehead atoms. The number of allylic oxidation sites excluding steroid dienone is 1. The van der Waals surface area contributed by atoms with Gasteiger partial charge in [0.2, 0.25) is 0 Å². The van der Waals surface area contributed by atoms with Gasteiger partial charge >= 0.3 is 0 Å². The summed E-state index contributed by atoms with van der Waals surface area (Å²) >= 11 is 0. The molecule has 0 aromatic heterocycles. The van der Waals surface area contributed by atoms with Gasteiger partial charge in [0.15, 0.2) is 5.78 Å². The Morgan fingerprint density at radius 1 is 1.10 bits per heavy atom. The normalized spacial score (nSPS) is 45.0. The minimum absolute atomic E-state index is 0.0292. The zero-order chi connectivity index (χ0) is 30.4. The number of aliphatic hydroxyl groups excluding tert-OH is 2. The van der Waals surface area contributed by atoms with E-state index in [-0.39, 0.29) is 47.9 Å². The first kappa shape index (κ1) is 30.3. The average Bonchev–Trinajstić information content (AvgIpc) is 3.67. The van der Waals surface area contributed by atoms with Gasteiger partial charge in [-0.15, -0.1) is 0 Å². The van der Waals surface area contributed by atoms with Crippen molar-refractivity contribution in [3.05, 3.63) is 41.5 Å². The number of rotatable bonds is 7. The van der Waals surface area contributed by atoms with Crippen molar-refractivity contribution < 1.29 is 35.1 Å². The molecular formula is C35H50O7. The molecule has 5 N–H and O–H groups in total. The van der Waals surface area contributed by atoms with Crippen molar-refractivity contribution in [1.29, 1.82) is 0 Å². The molecule has 1 aliphatic heterocycles. The highest BCUT2D eigenvalue weighted by Gasteiger charge is 2.72. The lowest BCUT2D eigenvalue weighted by Gasteiger charge is -2.61. The fourth-order valence-corrected chi connectivity index (χ4v) is 10.2. The third kappa shape index (κ3) is 4.36. The summed E-state index contributed by atoms with van der Waals surface area (Å²) in [5, 5.41) is 56.6. The van der Waals surface area contributed by atoms with Crippen LogP contribution in [0.1, 0.15) is 85.1 Å². The van der Waals surface area contributed by atoms with Crippen molar-refractivity contribution in [2.24, 2.45) is 40.4 Å². The quantitative estimate of drug-likeness (QED) is 0.303. The van der Waals surface area contributed by atoms with Crippen LogP contribution in [-0.4, -0.2) is 66.9 Å². The average molecular weight is 583 g/mol. The summed E-state index contributed by atoms with van der Waals surface area (Å²) in [4.78, 5) is 13.7. The second-order valence-electron chi connectivity index (χ2n) is 15.4. The van der Waals surface area contributed by atoms with Crippen molar-refractivity contribution >= 4 is 5.78 Å². The number of aliphatic hydroxyl groups is 4. The van der Waals surface area contributed by atoms with Gasteiger partial charge in [0.25, 0.3) is 0 Å². The molecule has 232 valence electrons. The maximum absolute atomic E-state index is 13.7. The van der Waals surface area contributed by atoms with Crippen LogP contribution in [0.2, 0.25) is 0 Å². The van der Waals surface area contributed by atoms with E-state index in [0.29, 0.717) is 50.4 Å². The molecule has 6 rings (SSSR count). The van der Waals surface area contributed by atoms with Gasteiger partial charge in [-0.05, 0) is 117 Å². The molecular weight excluding hydrogens is 532 g/mol.